The van der Waals surface area contributed by atoms with Crippen LogP contribution in [0.15, 0.2) is 376 Å². The summed E-state index contributed by atoms with van der Waals surface area (Å²) in [4.78, 5) is 31.2. The molecule has 0 aliphatic carbocycles. The highest BCUT2D eigenvalue weighted by Crippen LogP contribution is 2.47. The van der Waals surface area contributed by atoms with Gasteiger partial charge in [0.15, 0.2) is 34.9 Å². The number of rotatable bonds is 13. The van der Waals surface area contributed by atoms with Crippen LogP contribution in [-0.2, 0) is 0 Å². The number of benzene rings is 16. The molecule has 0 fully saturated rings. The van der Waals surface area contributed by atoms with Crippen LogP contribution in [0.3, 0.4) is 0 Å². The molecule has 6 heterocycles. The third kappa shape index (κ3) is 11.0. The Bertz CT molecular complexity index is 7170. The van der Waals surface area contributed by atoms with Crippen molar-refractivity contribution in [1.29, 1.82) is 10.5 Å². The number of aromatic nitrogens is 10. The molecule has 0 aliphatic heterocycles. The Morgan fingerprint density at radius 1 is 0.172 bits per heavy atom. The van der Waals surface area contributed by atoms with Gasteiger partial charge in [-0.2, -0.15) is 10.5 Å². The molecule has 0 saturated heterocycles. The fourth-order valence-electron chi connectivity index (χ4n) is 17.3. The van der Waals surface area contributed by atoms with E-state index in [-0.39, 0.29) is 0 Å². The molecule has 0 saturated carbocycles. The summed E-state index contributed by atoms with van der Waals surface area (Å²) in [5.41, 5.74) is 23.4. The monoisotopic (exact) mass is 1480 g/mol. The quantitative estimate of drug-likeness (QED) is 0.111. The van der Waals surface area contributed by atoms with E-state index in [1.54, 1.807) is 0 Å². The van der Waals surface area contributed by atoms with Crippen LogP contribution >= 0.6 is 0 Å². The molecule has 12 heteroatoms. The van der Waals surface area contributed by atoms with Gasteiger partial charge in [0.25, 0.3) is 0 Å². The van der Waals surface area contributed by atoms with E-state index in [9.17, 15) is 10.5 Å². The molecule has 0 N–H and O–H groups in total. The summed E-state index contributed by atoms with van der Waals surface area (Å²) in [5, 5.41) is 30.8. The highest BCUT2D eigenvalue weighted by molar-refractivity contribution is 6.15. The minimum absolute atomic E-state index is 0.473. The SMILES string of the molecule is N#Cc1ccc(-n2c3ccccc3c3cc(-c4cc(-c5nc(-c6ccccc6)nc(-c6ccccc6)n5)ccc4-n4c5ccccc5c5ccccc54)ccc32)c(-c2cc(C#N)ccc2-n2c3ccccc3c3cc(-c4cc(-c5nc(-c6ccccc6)nc(-c6ccccc6)n5)ccc4-n4c5ccccc5c5ccccc54)ccc32)c1. The molecule has 12 nitrogen and oxygen atoms in total. The van der Waals surface area contributed by atoms with Crippen molar-refractivity contribution in [3.63, 3.8) is 0 Å². The van der Waals surface area contributed by atoms with Gasteiger partial charge < -0.3 is 18.3 Å². The van der Waals surface area contributed by atoms with E-state index in [0.29, 0.717) is 46.1 Å². The maximum absolute atomic E-state index is 11.0. The average Bonchev–Trinajstić information content (AvgIpc) is 1.56. The normalized spacial score (nSPS) is 11.6. The third-order valence-corrected chi connectivity index (χ3v) is 22.5. The zero-order valence-electron chi connectivity index (χ0n) is 62.2. The zero-order valence-corrected chi connectivity index (χ0v) is 62.2. The molecule has 6 aromatic heterocycles. The van der Waals surface area contributed by atoms with Crippen LogP contribution in [0, 0.1) is 22.7 Å². The molecule has 0 bridgehead atoms. The van der Waals surface area contributed by atoms with E-state index < -0.39 is 0 Å². The Morgan fingerprint density at radius 2 is 0.397 bits per heavy atom. The lowest BCUT2D eigenvalue weighted by Crippen LogP contribution is -2.03. The fraction of sp³-hybridized carbons (Fsp3) is 0. The van der Waals surface area contributed by atoms with Crippen LogP contribution in [0.5, 0.6) is 0 Å². The van der Waals surface area contributed by atoms with Crippen molar-refractivity contribution in [3.05, 3.63) is 387 Å². The summed E-state index contributed by atoms with van der Waals surface area (Å²) < 4.78 is 9.41. The lowest BCUT2D eigenvalue weighted by atomic mass is 9.96. The number of hydrogen-bond donors (Lipinski definition) is 0. The number of fused-ring (bicyclic) bond motifs is 12. The smallest absolute Gasteiger partial charge is 0.164 e. The summed E-state index contributed by atoms with van der Waals surface area (Å²) >= 11 is 0. The molecular formula is C104H62N12. The highest BCUT2D eigenvalue weighted by Gasteiger charge is 2.27. The van der Waals surface area contributed by atoms with Crippen molar-refractivity contribution in [1.82, 2.24) is 48.2 Å². The largest absolute Gasteiger partial charge is 0.309 e. The van der Waals surface area contributed by atoms with Crippen molar-refractivity contribution in [3.8, 4) is 137 Å². The highest BCUT2D eigenvalue weighted by atomic mass is 15.1. The summed E-state index contributed by atoms with van der Waals surface area (Å²) in [5.74, 6) is 3.40. The maximum Gasteiger partial charge on any atom is 0.164 e. The molecule has 0 spiro atoms. The first-order chi connectivity index (χ1) is 57.4. The Balaban J connectivity index is 0.730. The van der Waals surface area contributed by atoms with Crippen LogP contribution in [0.1, 0.15) is 11.1 Å². The van der Waals surface area contributed by atoms with E-state index in [1.165, 1.54) is 0 Å². The second kappa shape index (κ2) is 27.3. The predicted octanol–water partition coefficient (Wildman–Crippen LogP) is 25.2. The minimum atomic E-state index is 0.473. The van der Waals surface area contributed by atoms with Gasteiger partial charge in [0.05, 0.1) is 90.1 Å². The van der Waals surface area contributed by atoms with Gasteiger partial charge in [0, 0.05) is 98.7 Å². The Kier molecular flexibility index (Phi) is 15.7. The van der Waals surface area contributed by atoms with Crippen LogP contribution in [0.25, 0.3) is 212 Å². The van der Waals surface area contributed by atoms with Crippen LogP contribution in [-0.4, -0.2) is 48.2 Å². The molecule has 16 aromatic carbocycles. The molecule has 0 radical (unpaired) electrons. The Morgan fingerprint density at radius 3 is 0.681 bits per heavy atom. The number of hydrogen-bond acceptors (Lipinski definition) is 8. The van der Waals surface area contributed by atoms with Gasteiger partial charge in [0.2, 0.25) is 0 Å². The topological polar surface area (TPSA) is 145 Å². The molecule has 0 atom stereocenters. The van der Waals surface area contributed by atoms with Crippen LogP contribution in [0.2, 0.25) is 0 Å². The lowest BCUT2D eigenvalue weighted by Gasteiger charge is -2.19. The van der Waals surface area contributed by atoms with Crippen LogP contribution < -0.4 is 0 Å². The van der Waals surface area contributed by atoms with Crippen molar-refractivity contribution in [2.24, 2.45) is 0 Å². The van der Waals surface area contributed by atoms with Gasteiger partial charge in [-0.3, -0.25) is 0 Å². The Hall–Kier alpha value is -16.3. The van der Waals surface area contributed by atoms with Crippen molar-refractivity contribution < 1.29 is 0 Å². The van der Waals surface area contributed by atoms with E-state index in [4.69, 9.17) is 29.9 Å². The standard InChI is InChI=1S/C104H62N12/c105-63-65-45-51-95(115-91-43-23-17-37-79(91)85-59-71(47-53-97(85)115)81-61-73(49-55-93(81)113-87-39-19-13-33-75(87)76-34-14-20-40-88(76)113)103-109-99(67-25-5-1-6-26-67)107-100(110-103)68-27-7-2-8-28-68)83(57-65)84-58-66(64-106)46-52-96(84)116-92-44-24-18-38-80(92)86-60-72(48-54-98(86)116)82-62-74(50-56-94(82)114-89-41-21-15-35-77(89)78-36-16-22-42-90(78)114)104-111-101(69-29-9-3-10-30-69)108-102(112-104)70-31-11-4-12-32-70/h1-62H. The third-order valence-electron chi connectivity index (χ3n) is 22.5. The van der Waals surface area contributed by atoms with Gasteiger partial charge in [-0.05, 0) is 145 Å². The predicted molar refractivity (Wildman–Crippen MR) is 469 cm³/mol. The molecule has 538 valence electrons. The van der Waals surface area contributed by atoms with Crippen molar-refractivity contribution in [2.45, 2.75) is 0 Å². The lowest BCUT2D eigenvalue weighted by molar-refractivity contribution is 1.07. The molecule has 22 aromatic rings. The van der Waals surface area contributed by atoms with E-state index in [0.717, 1.165) is 177 Å². The maximum atomic E-state index is 11.0. The first-order valence-electron chi connectivity index (χ1n) is 38.6. The van der Waals surface area contributed by atoms with E-state index in [2.05, 4.69) is 261 Å². The van der Waals surface area contributed by atoms with E-state index in [1.807, 2.05) is 146 Å². The van der Waals surface area contributed by atoms with Crippen molar-refractivity contribution >= 4 is 87.2 Å². The first kappa shape index (κ1) is 66.7. The summed E-state index contributed by atoms with van der Waals surface area (Å²) in [7, 11) is 0. The summed E-state index contributed by atoms with van der Waals surface area (Å²) in [6.45, 7) is 0. The molecule has 0 amide bonds. The summed E-state index contributed by atoms with van der Waals surface area (Å²) in [6.07, 6.45) is 0. The zero-order chi connectivity index (χ0) is 76.9. The number of nitriles is 2. The second-order valence-electron chi connectivity index (χ2n) is 29.1. The average molecular weight is 1480 g/mol. The van der Waals surface area contributed by atoms with Gasteiger partial charge in [-0.25, -0.2) is 29.9 Å². The first-order valence-corrected chi connectivity index (χ1v) is 38.6. The van der Waals surface area contributed by atoms with Gasteiger partial charge in [0.1, 0.15) is 0 Å². The fourth-order valence-corrected chi connectivity index (χ4v) is 17.3. The molecule has 0 aliphatic rings. The Labute approximate surface area is 665 Å². The van der Waals surface area contributed by atoms with Gasteiger partial charge in [-0.15, -0.1) is 0 Å². The second-order valence-corrected chi connectivity index (χ2v) is 29.1. The number of para-hydroxylation sites is 6. The van der Waals surface area contributed by atoms with Gasteiger partial charge >= 0.3 is 0 Å². The summed E-state index contributed by atoms with van der Waals surface area (Å²) in [6, 6.07) is 136. The molecule has 116 heavy (non-hydrogen) atoms. The minimum Gasteiger partial charge on any atom is -0.309 e. The van der Waals surface area contributed by atoms with Gasteiger partial charge in [-0.1, -0.05) is 243 Å². The number of nitrogens with zero attached hydrogens (tertiary/aromatic N) is 12. The van der Waals surface area contributed by atoms with Crippen molar-refractivity contribution in [2.75, 3.05) is 0 Å². The van der Waals surface area contributed by atoms with Crippen LogP contribution in [0.4, 0.5) is 0 Å². The van der Waals surface area contributed by atoms with E-state index >= 15 is 0 Å². The molecular weight excluding hydrogens is 1420 g/mol. The molecule has 22 rings (SSSR count). The molecule has 0 unspecified atom stereocenters.